The maximum Gasteiger partial charge on any atom is 0.253 e. The number of fused-ring (bicyclic) bond motifs is 1. The average Bonchev–Trinajstić information content (AvgIpc) is 3.00. The van der Waals surface area contributed by atoms with Crippen molar-refractivity contribution in [2.24, 2.45) is 11.8 Å². The van der Waals surface area contributed by atoms with E-state index in [0.29, 0.717) is 13.1 Å². The Morgan fingerprint density at radius 1 is 1.18 bits per heavy atom. The lowest BCUT2D eigenvalue weighted by Crippen LogP contribution is -2.43. The molecule has 1 aliphatic carbocycles. The van der Waals surface area contributed by atoms with Crippen LogP contribution in [0.25, 0.3) is 0 Å². The molecule has 3 unspecified atom stereocenters. The summed E-state index contributed by atoms with van der Waals surface area (Å²) in [7, 11) is 0. The van der Waals surface area contributed by atoms with Crippen molar-refractivity contribution in [2.75, 3.05) is 26.2 Å². The van der Waals surface area contributed by atoms with Crippen LogP contribution in [0, 0.1) is 34.8 Å². The normalized spacial score (nSPS) is 30.9. The number of alkyl halides is 1. The van der Waals surface area contributed by atoms with Gasteiger partial charge in [0.05, 0.1) is 19.2 Å². The summed E-state index contributed by atoms with van der Waals surface area (Å²) in [5.74, 6) is -2.30. The van der Waals surface area contributed by atoms with E-state index in [4.69, 9.17) is 5.26 Å². The molecule has 2 heterocycles. The fourth-order valence-corrected chi connectivity index (χ4v) is 4.30. The number of nitrogens with zero attached hydrogens (tertiary/aromatic N) is 3. The minimum absolute atomic E-state index is 0.0275. The molecule has 1 saturated carbocycles. The molecule has 0 bridgehead atoms. The van der Waals surface area contributed by atoms with Gasteiger partial charge in [-0.2, -0.15) is 5.26 Å². The van der Waals surface area contributed by atoms with Gasteiger partial charge in [0.15, 0.2) is 11.6 Å². The number of likely N-dealkylation sites (tertiary alicyclic amines) is 2. The van der Waals surface area contributed by atoms with E-state index in [1.165, 1.54) is 11.0 Å². The summed E-state index contributed by atoms with van der Waals surface area (Å²) < 4.78 is 39.8. The first kappa shape index (κ1) is 18.7. The number of amides is 2. The smallest absolute Gasteiger partial charge is 0.253 e. The number of nitrogens with one attached hydrogen (secondary N) is 1. The first-order chi connectivity index (χ1) is 13.4. The van der Waals surface area contributed by atoms with E-state index >= 15 is 0 Å². The Kier molecular flexibility index (Phi) is 4.75. The van der Waals surface area contributed by atoms with Crippen molar-refractivity contribution in [3.05, 3.63) is 35.4 Å². The summed E-state index contributed by atoms with van der Waals surface area (Å²) in [4.78, 5) is 27.5. The Morgan fingerprint density at radius 2 is 1.89 bits per heavy atom. The van der Waals surface area contributed by atoms with Crippen LogP contribution in [0.5, 0.6) is 0 Å². The lowest BCUT2D eigenvalue weighted by atomic mass is 10.2. The summed E-state index contributed by atoms with van der Waals surface area (Å²) in [6, 6.07) is 4.42. The van der Waals surface area contributed by atoms with Gasteiger partial charge in [-0.3, -0.25) is 9.59 Å². The van der Waals surface area contributed by atoms with E-state index in [1.807, 2.05) is 6.07 Å². The number of hydrogen-bond acceptors (Lipinski definition) is 4. The molecule has 9 heteroatoms. The van der Waals surface area contributed by atoms with Crippen molar-refractivity contribution >= 4 is 11.8 Å². The van der Waals surface area contributed by atoms with Gasteiger partial charge in [0.2, 0.25) is 5.91 Å². The summed E-state index contributed by atoms with van der Waals surface area (Å²) >= 11 is 0. The second-order valence-corrected chi connectivity index (χ2v) is 7.60. The third-order valence-corrected chi connectivity index (χ3v) is 5.86. The Labute approximate surface area is 159 Å². The van der Waals surface area contributed by atoms with Crippen molar-refractivity contribution in [3.8, 4) is 6.07 Å². The van der Waals surface area contributed by atoms with Crippen molar-refractivity contribution in [1.29, 1.82) is 5.26 Å². The molecule has 2 aliphatic heterocycles. The number of carbonyl (C=O) groups is 2. The largest absolute Gasteiger partial charge is 0.338 e. The quantitative estimate of drug-likeness (QED) is 0.832. The molecule has 4 rings (SSSR count). The Bertz CT molecular complexity index is 846. The molecular formula is C19H19F3N4O2. The number of piperidine rings is 1. The molecule has 148 valence electrons. The van der Waals surface area contributed by atoms with Gasteiger partial charge in [-0.25, -0.2) is 13.2 Å². The molecule has 1 aromatic carbocycles. The molecule has 4 atom stereocenters. The Balaban J connectivity index is 1.26. The van der Waals surface area contributed by atoms with Crippen LogP contribution in [0.3, 0.4) is 0 Å². The molecular weight excluding hydrogens is 373 g/mol. The standard InChI is InChI=1S/C19H19F3N4O2/c20-11-4-12(5-23)26(7-11)17(27)6-24-18-13-8-25(9-14(13)18)19(28)10-1-2-15(21)16(22)3-10/h1-3,11-14,18,24H,4,6-9H2/t11-,12?,13?,14?,18?/m0/s1. The van der Waals surface area contributed by atoms with Crippen molar-refractivity contribution in [1.82, 2.24) is 15.1 Å². The van der Waals surface area contributed by atoms with Gasteiger partial charge < -0.3 is 15.1 Å². The third-order valence-electron chi connectivity index (χ3n) is 5.86. The zero-order chi connectivity index (χ0) is 20.0. The highest BCUT2D eigenvalue weighted by Crippen LogP contribution is 2.45. The molecule has 0 aromatic heterocycles. The molecule has 1 N–H and O–H groups in total. The minimum atomic E-state index is -1.16. The first-order valence-corrected chi connectivity index (χ1v) is 9.20. The maximum atomic E-state index is 13.4. The van der Waals surface area contributed by atoms with Crippen LogP contribution < -0.4 is 5.32 Å². The molecule has 2 amide bonds. The van der Waals surface area contributed by atoms with Crippen LogP contribution in [0.15, 0.2) is 18.2 Å². The van der Waals surface area contributed by atoms with Gasteiger partial charge >= 0.3 is 0 Å². The third kappa shape index (κ3) is 3.33. The van der Waals surface area contributed by atoms with Crippen LogP contribution in [0.4, 0.5) is 13.2 Å². The highest BCUT2D eigenvalue weighted by atomic mass is 19.2. The van der Waals surface area contributed by atoms with Crippen LogP contribution in [-0.4, -0.2) is 66.0 Å². The van der Waals surface area contributed by atoms with E-state index < -0.39 is 23.8 Å². The van der Waals surface area contributed by atoms with Gasteiger partial charge in [0.25, 0.3) is 5.91 Å². The van der Waals surface area contributed by atoms with Crippen molar-refractivity contribution in [3.63, 3.8) is 0 Å². The highest BCUT2D eigenvalue weighted by Gasteiger charge is 2.56. The van der Waals surface area contributed by atoms with Crippen LogP contribution >= 0.6 is 0 Å². The van der Waals surface area contributed by atoms with Crippen molar-refractivity contribution < 1.29 is 22.8 Å². The summed E-state index contributed by atoms with van der Waals surface area (Å²) in [6.07, 6.45) is -1.11. The monoisotopic (exact) mass is 392 g/mol. The zero-order valence-corrected chi connectivity index (χ0v) is 14.9. The molecule has 28 heavy (non-hydrogen) atoms. The van der Waals surface area contributed by atoms with Gasteiger partial charge in [-0.1, -0.05) is 0 Å². The number of benzene rings is 1. The fourth-order valence-electron chi connectivity index (χ4n) is 4.30. The average molecular weight is 392 g/mol. The predicted octanol–water partition coefficient (Wildman–Crippen LogP) is 1.09. The molecule has 0 radical (unpaired) electrons. The number of carbonyl (C=O) groups excluding carboxylic acids is 2. The van der Waals surface area contributed by atoms with E-state index in [1.54, 1.807) is 4.90 Å². The SMILES string of the molecule is N#CC1C[C@H](F)CN1C(=O)CNC1C2CN(C(=O)c3ccc(F)c(F)c3)CC21. The summed E-state index contributed by atoms with van der Waals surface area (Å²) in [6.45, 7) is 0.934. The van der Waals surface area contributed by atoms with Gasteiger partial charge in [0.1, 0.15) is 12.2 Å². The highest BCUT2D eigenvalue weighted by molar-refractivity contribution is 5.94. The summed E-state index contributed by atoms with van der Waals surface area (Å²) in [5, 5.41) is 12.2. The summed E-state index contributed by atoms with van der Waals surface area (Å²) in [5.41, 5.74) is 0.109. The topological polar surface area (TPSA) is 76.4 Å². The lowest BCUT2D eigenvalue weighted by Gasteiger charge is -2.22. The van der Waals surface area contributed by atoms with Crippen LogP contribution in [0.2, 0.25) is 0 Å². The van der Waals surface area contributed by atoms with E-state index in [-0.39, 0.29) is 54.8 Å². The number of nitriles is 1. The molecule has 6 nitrogen and oxygen atoms in total. The number of rotatable bonds is 4. The van der Waals surface area contributed by atoms with Gasteiger partial charge in [0, 0.05) is 31.1 Å². The predicted molar refractivity (Wildman–Crippen MR) is 91.7 cm³/mol. The Hall–Kier alpha value is -2.60. The Morgan fingerprint density at radius 3 is 2.54 bits per heavy atom. The number of hydrogen-bond donors (Lipinski definition) is 1. The molecule has 3 aliphatic rings. The molecule has 2 saturated heterocycles. The van der Waals surface area contributed by atoms with E-state index in [2.05, 4.69) is 5.32 Å². The molecule has 0 spiro atoms. The second-order valence-electron chi connectivity index (χ2n) is 7.60. The molecule has 1 aromatic rings. The first-order valence-electron chi connectivity index (χ1n) is 9.20. The zero-order valence-electron chi connectivity index (χ0n) is 14.9. The van der Waals surface area contributed by atoms with Gasteiger partial charge in [-0.15, -0.1) is 0 Å². The van der Waals surface area contributed by atoms with Crippen LogP contribution in [-0.2, 0) is 4.79 Å². The second kappa shape index (κ2) is 7.09. The minimum Gasteiger partial charge on any atom is -0.338 e. The maximum absolute atomic E-state index is 13.4. The lowest BCUT2D eigenvalue weighted by molar-refractivity contribution is -0.130. The van der Waals surface area contributed by atoms with E-state index in [0.717, 1.165) is 12.1 Å². The molecule has 3 fully saturated rings. The fraction of sp³-hybridized carbons (Fsp3) is 0.526. The van der Waals surface area contributed by atoms with Crippen LogP contribution in [0.1, 0.15) is 16.8 Å². The van der Waals surface area contributed by atoms with Crippen molar-refractivity contribution in [2.45, 2.75) is 24.7 Å². The number of halogens is 3. The van der Waals surface area contributed by atoms with Gasteiger partial charge in [-0.05, 0) is 30.0 Å². The van der Waals surface area contributed by atoms with E-state index in [9.17, 15) is 22.8 Å².